The molecular weight excluding hydrogens is 262 g/mol. The zero-order chi connectivity index (χ0) is 14.6. The number of amides is 1. The third-order valence-electron chi connectivity index (χ3n) is 3.34. The van der Waals surface area contributed by atoms with Crippen LogP contribution in [0.1, 0.15) is 25.6 Å². The van der Waals surface area contributed by atoms with Gasteiger partial charge in [0.25, 0.3) is 0 Å². The number of rotatable bonds is 5. The molecule has 0 radical (unpaired) electrons. The summed E-state index contributed by atoms with van der Waals surface area (Å²) in [4.78, 5) is 15.3. The smallest absolute Gasteiger partial charge is 0.235 e. The molecule has 1 rings (SSSR count). The summed E-state index contributed by atoms with van der Waals surface area (Å²) in [5.74, 6) is -0.237. The predicted octanol–water partition coefficient (Wildman–Crippen LogP) is 1.91. The molecule has 0 saturated carbocycles. The molecule has 0 spiro atoms. The minimum atomic E-state index is -1.01. The maximum absolute atomic E-state index is 12.4. The van der Waals surface area contributed by atoms with Gasteiger partial charge in [0.15, 0.2) is 5.84 Å². The number of hydrogen-bond acceptors (Lipinski definition) is 4. The number of amidine groups is 1. The van der Waals surface area contributed by atoms with Crippen LogP contribution in [0.15, 0.2) is 22.7 Å². The first kappa shape index (κ1) is 15.5. The number of hydrogen-bond donors (Lipinski definition) is 2. The molecule has 1 aromatic heterocycles. The second-order valence-corrected chi connectivity index (χ2v) is 6.19. The van der Waals surface area contributed by atoms with Crippen LogP contribution in [0.4, 0.5) is 0 Å². The van der Waals surface area contributed by atoms with Crippen LogP contribution in [-0.2, 0) is 11.2 Å². The summed E-state index contributed by atoms with van der Waals surface area (Å²) in [6.07, 6.45) is 0.798. The Kier molecular flexibility index (Phi) is 4.94. The number of thiophene rings is 1. The van der Waals surface area contributed by atoms with Gasteiger partial charge in [-0.1, -0.05) is 11.2 Å². The summed E-state index contributed by atoms with van der Waals surface area (Å²) in [5.41, 5.74) is 4.57. The second kappa shape index (κ2) is 6.06. The molecule has 0 fully saturated rings. The maximum atomic E-state index is 12.4. The summed E-state index contributed by atoms with van der Waals surface area (Å²) in [6, 6.07) is 4.10. The Morgan fingerprint density at radius 1 is 1.63 bits per heavy atom. The summed E-state index contributed by atoms with van der Waals surface area (Å²) in [5, 5.41) is 13.7. The van der Waals surface area contributed by atoms with Gasteiger partial charge in [0, 0.05) is 24.4 Å². The lowest BCUT2D eigenvalue weighted by atomic mass is 9.89. The molecule has 1 unspecified atom stereocenters. The van der Waals surface area contributed by atoms with E-state index in [1.54, 1.807) is 37.1 Å². The fraction of sp³-hybridized carbons (Fsp3) is 0.538. The molecule has 19 heavy (non-hydrogen) atoms. The molecule has 0 aliphatic heterocycles. The topological polar surface area (TPSA) is 78.9 Å². The zero-order valence-corrected chi connectivity index (χ0v) is 12.6. The van der Waals surface area contributed by atoms with Crippen LogP contribution in [0.5, 0.6) is 0 Å². The molecule has 0 aliphatic rings. The minimum absolute atomic E-state index is 0.0527. The van der Waals surface area contributed by atoms with Gasteiger partial charge in [-0.15, -0.1) is 11.3 Å². The lowest BCUT2D eigenvalue weighted by Gasteiger charge is -2.32. The van der Waals surface area contributed by atoms with Crippen LogP contribution in [0, 0.1) is 5.41 Å². The molecule has 0 aromatic carbocycles. The van der Waals surface area contributed by atoms with Crippen LogP contribution >= 0.6 is 11.3 Å². The van der Waals surface area contributed by atoms with E-state index in [9.17, 15) is 4.79 Å². The summed E-state index contributed by atoms with van der Waals surface area (Å²) in [7, 11) is 1.74. The maximum Gasteiger partial charge on any atom is 0.235 e. The van der Waals surface area contributed by atoms with Crippen molar-refractivity contribution in [1.29, 1.82) is 0 Å². The van der Waals surface area contributed by atoms with Gasteiger partial charge in [-0.2, -0.15) is 0 Å². The van der Waals surface area contributed by atoms with E-state index in [0.29, 0.717) is 0 Å². The third-order valence-corrected chi connectivity index (χ3v) is 4.24. The first-order chi connectivity index (χ1) is 8.80. The van der Waals surface area contributed by atoms with Gasteiger partial charge < -0.3 is 15.8 Å². The van der Waals surface area contributed by atoms with E-state index in [2.05, 4.69) is 5.16 Å². The monoisotopic (exact) mass is 283 g/mol. The molecule has 0 aliphatic carbocycles. The Morgan fingerprint density at radius 3 is 2.74 bits per heavy atom. The zero-order valence-electron chi connectivity index (χ0n) is 11.8. The van der Waals surface area contributed by atoms with Gasteiger partial charge in [0.1, 0.15) is 5.41 Å². The highest BCUT2D eigenvalue weighted by atomic mass is 32.1. The van der Waals surface area contributed by atoms with Crippen molar-refractivity contribution in [1.82, 2.24) is 4.90 Å². The minimum Gasteiger partial charge on any atom is -0.409 e. The normalized spacial score (nSPS) is 14.2. The molecule has 1 heterocycles. The average molecular weight is 283 g/mol. The molecule has 3 N–H and O–H groups in total. The fourth-order valence-electron chi connectivity index (χ4n) is 1.73. The first-order valence-electron chi connectivity index (χ1n) is 6.08. The summed E-state index contributed by atoms with van der Waals surface area (Å²) >= 11 is 1.67. The fourth-order valence-corrected chi connectivity index (χ4v) is 2.56. The van der Waals surface area contributed by atoms with Crippen LogP contribution in [0.2, 0.25) is 0 Å². The summed E-state index contributed by atoms with van der Waals surface area (Å²) < 4.78 is 0. The van der Waals surface area contributed by atoms with Crippen molar-refractivity contribution in [3.05, 3.63) is 22.4 Å². The first-order valence-corrected chi connectivity index (χ1v) is 6.96. The van der Waals surface area contributed by atoms with Crippen molar-refractivity contribution in [3.8, 4) is 0 Å². The molecule has 5 nitrogen and oxygen atoms in total. The van der Waals surface area contributed by atoms with Gasteiger partial charge in [-0.05, 0) is 32.2 Å². The molecular formula is C13H21N3O2S. The van der Waals surface area contributed by atoms with E-state index < -0.39 is 5.41 Å². The van der Waals surface area contributed by atoms with E-state index in [0.717, 1.165) is 6.42 Å². The van der Waals surface area contributed by atoms with E-state index in [4.69, 9.17) is 10.9 Å². The van der Waals surface area contributed by atoms with Gasteiger partial charge >= 0.3 is 0 Å². The number of oxime groups is 1. The Bertz CT molecular complexity index is 454. The Labute approximate surface area is 117 Å². The molecule has 1 aromatic rings. The lowest BCUT2D eigenvalue weighted by molar-refractivity contribution is -0.137. The molecule has 1 amide bonds. The van der Waals surface area contributed by atoms with Crippen molar-refractivity contribution in [2.45, 2.75) is 33.2 Å². The van der Waals surface area contributed by atoms with E-state index >= 15 is 0 Å². The molecule has 0 saturated heterocycles. The van der Waals surface area contributed by atoms with Crippen molar-refractivity contribution in [2.24, 2.45) is 16.3 Å². The predicted molar refractivity (Wildman–Crippen MR) is 77.4 cm³/mol. The van der Waals surface area contributed by atoms with Gasteiger partial charge in [0.2, 0.25) is 5.91 Å². The largest absolute Gasteiger partial charge is 0.409 e. The van der Waals surface area contributed by atoms with Gasteiger partial charge in [0.05, 0.1) is 0 Å². The number of likely N-dealkylation sites (N-methyl/N-ethyl adjacent to an activating group) is 1. The summed E-state index contributed by atoms with van der Waals surface area (Å²) in [6.45, 7) is 5.29. The van der Waals surface area contributed by atoms with Crippen molar-refractivity contribution >= 4 is 23.1 Å². The van der Waals surface area contributed by atoms with Crippen LogP contribution in [0.25, 0.3) is 0 Å². The molecule has 6 heteroatoms. The lowest BCUT2D eigenvalue weighted by Crippen LogP contribution is -2.49. The van der Waals surface area contributed by atoms with Crippen molar-refractivity contribution < 1.29 is 10.0 Å². The molecule has 1 atom stereocenters. The van der Waals surface area contributed by atoms with Crippen LogP contribution < -0.4 is 5.73 Å². The van der Waals surface area contributed by atoms with Crippen LogP contribution in [-0.4, -0.2) is 34.9 Å². The Balaban J connectivity index is 2.76. The highest BCUT2D eigenvalue weighted by Crippen LogP contribution is 2.21. The number of nitrogens with zero attached hydrogens (tertiary/aromatic N) is 2. The quantitative estimate of drug-likeness (QED) is 0.375. The van der Waals surface area contributed by atoms with E-state index in [1.165, 1.54) is 4.88 Å². The van der Waals surface area contributed by atoms with Crippen molar-refractivity contribution in [3.63, 3.8) is 0 Å². The standard InChI is InChI=1S/C13H21N3O2S/c1-9(8-10-6-5-7-19-10)16(4)12(17)13(2,3)11(14)15-18/h5-7,9,18H,8H2,1-4H3,(H2,14,15). The SMILES string of the molecule is CC(Cc1cccs1)N(C)C(=O)C(C)(C)C(N)=NO. The van der Waals surface area contributed by atoms with E-state index in [-0.39, 0.29) is 17.8 Å². The number of carbonyl (C=O) groups excluding carboxylic acids is 1. The Hall–Kier alpha value is -1.56. The van der Waals surface area contributed by atoms with Gasteiger partial charge in [-0.25, -0.2) is 0 Å². The number of nitrogens with two attached hydrogens (primary N) is 1. The van der Waals surface area contributed by atoms with E-state index in [1.807, 2.05) is 24.4 Å². The highest BCUT2D eigenvalue weighted by Gasteiger charge is 2.36. The van der Waals surface area contributed by atoms with Gasteiger partial charge in [-0.3, -0.25) is 4.79 Å². The molecule has 0 bridgehead atoms. The highest BCUT2D eigenvalue weighted by molar-refractivity contribution is 7.09. The number of carbonyl (C=O) groups is 1. The van der Waals surface area contributed by atoms with Crippen LogP contribution in [0.3, 0.4) is 0 Å². The molecule has 106 valence electrons. The van der Waals surface area contributed by atoms with Crippen molar-refractivity contribution in [2.75, 3.05) is 7.05 Å². The second-order valence-electron chi connectivity index (χ2n) is 5.16. The average Bonchev–Trinajstić information content (AvgIpc) is 2.88. The Morgan fingerprint density at radius 2 is 2.26 bits per heavy atom. The third kappa shape index (κ3) is 3.47.